The maximum Gasteiger partial charge on any atom is 0.253 e. The summed E-state index contributed by atoms with van der Waals surface area (Å²) < 4.78 is 0. The second-order valence-corrected chi connectivity index (χ2v) is 13.0. The number of ketones is 1. The minimum absolute atomic E-state index is 0. The summed E-state index contributed by atoms with van der Waals surface area (Å²) in [6.45, 7) is 15.2. The molecule has 2 aromatic carbocycles. The molecule has 0 spiro atoms. The van der Waals surface area contributed by atoms with E-state index in [1.54, 1.807) is 19.0 Å². The van der Waals surface area contributed by atoms with Crippen molar-refractivity contribution >= 4 is 34.5 Å². The van der Waals surface area contributed by atoms with Gasteiger partial charge in [-0.25, -0.2) is 0 Å². The third-order valence-electron chi connectivity index (χ3n) is 7.53. The average molecular weight is 601 g/mol. The number of carbonyl (C=O) groups is 2. The van der Waals surface area contributed by atoms with Crippen LogP contribution in [-0.2, 0) is 10.8 Å². The molecule has 1 heterocycles. The van der Waals surface area contributed by atoms with E-state index in [2.05, 4.69) is 6.92 Å². The number of carbonyl (C=O) groups excluding carboxylic acids is 2. The summed E-state index contributed by atoms with van der Waals surface area (Å²) in [5, 5.41) is 20.1. The Morgan fingerprint density at radius 2 is 1.49 bits per heavy atom. The standard InChI is InChI=1S/C32H45N3O3.BrH/c1-10-11-22-18-35(29(33)27(22)20-12-14-21(15-13-20)30(38)34(8)9)19-26(36)23-16-24(31(2,3)4)28(37)25(17-23)32(5,6)7;/h12-17,22,27,33,37H,10-11,18-19H2,1-9H3;1H/t22-,27+;/m0./s1. The van der Waals surface area contributed by atoms with Gasteiger partial charge < -0.3 is 14.9 Å². The van der Waals surface area contributed by atoms with Crippen molar-refractivity contribution in [2.24, 2.45) is 5.92 Å². The Morgan fingerprint density at radius 3 is 1.92 bits per heavy atom. The van der Waals surface area contributed by atoms with E-state index in [0.29, 0.717) is 23.5 Å². The molecule has 0 saturated carbocycles. The quantitative estimate of drug-likeness (QED) is 0.337. The Morgan fingerprint density at radius 1 is 0.974 bits per heavy atom. The summed E-state index contributed by atoms with van der Waals surface area (Å²) in [5.74, 6) is 0.735. The Hall–Kier alpha value is -2.67. The fraction of sp³-hybridized carbons (Fsp3) is 0.531. The van der Waals surface area contributed by atoms with Gasteiger partial charge >= 0.3 is 0 Å². The molecule has 1 fully saturated rings. The van der Waals surface area contributed by atoms with Crippen LogP contribution in [0.4, 0.5) is 0 Å². The first-order chi connectivity index (χ1) is 17.6. The van der Waals surface area contributed by atoms with Gasteiger partial charge in [0.15, 0.2) is 5.78 Å². The van der Waals surface area contributed by atoms with Gasteiger partial charge in [-0.15, -0.1) is 17.0 Å². The van der Waals surface area contributed by atoms with Crippen molar-refractivity contribution in [2.75, 3.05) is 27.2 Å². The largest absolute Gasteiger partial charge is 0.507 e. The van der Waals surface area contributed by atoms with Crippen molar-refractivity contribution in [2.45, 2.75) is 78.1 Å². The van der Waals surface area contributed by atoms with Gasteiger partial charge in [-0.05, 0) is 53.0 Å². The van der Waals surface area contributed by atoms with Crippen molar-refractivity contribution in [3.05, 3.63) is 64.2 Å². The molecule has 3 rings (SSSR count). The van der Waals surface area contributed by atoms with Gasteiger partial charge in [0.05, 0.1) is 6.54 Å². The summed E-state index contributed by atoms with van der Waals surface area (Å²) in [6.07, 6.45) is 1.95. The van der Waals surface area contributed by atoms with Crippen LogP contribution in [-0.4, -0.2) is 59.6 Å². The van der Waals surface area contributed by atoms with Crippen molar-refractivity contribution in [3.8, 4) is 5.75 Å². The van der Waals surface area contributed by atoms with Crippen LogP contribution in [0.1, 0.15) is 105 Å². The predicted molar refractivity (Wildman–Crippen MR) is 165 cm³/mol. The lowest BCUT2D eigenvalue weighted by atomic mass is 9.78. The van der Waals surface area contributed by atoms with E-state index in [9.17, 15) is 14.7 Å². The molecule has 214 valence electrons. The van der Waals surface area contributed by atoms with Crippen LogP contribution in [0.2, 0.25) is 0 Å². The summed E-state index contributed by atoms with van der Waals surface area (Å²) in [4.78, 5) is 29.4. The lowest BCUT2D eigenvalue weighted by Crippen LogP contribution is -2.32. The van der Waals surface area contributed by atoms with Gasteiger partial charge in [-0.2, -0.15) is 0 Å². The number of amidine groups is 1. The van der Waals surface area contributed by atoms with Crippen LogP contribution in [0.3, 0.4) is 0 Å². The third-order valence-corrected chi connectivity index (χ3v) is 7.53. The zero-order valence-electron chi connectivity index (χ0n) is 25.0. The molecule has 0 unspecified atom stereocenters. The van der Waals surface area contributed by atoms with E-state index in [-0.39, 0.29) is 63.6 Å². The molecule has 0 aromatic heterocycles. The number of Topliss-reactive ketones (excluding diaryl/α,β-unsaturated/α-hetero) is 1. The average Bonchev–Trinajstić information content (AvgIpc) is 3.11. The van der Waals surface area contributed by atoms with E-state index < -0.39 is 0 Å². The van der Waals surface area contributed by atoms with Crippen LogP contribution in [0.5, 0.6) is 5.75 Å². The normalized spacial score (nSPS) is 17.7. The number of aromatic hydroxyl groups is 1. The van der Waals surface area contributed by atoms with Gasteiger partial charge in [0, 0.05) is 48.8 Å². The first-order valence-corrected chi connectivity index (χ1v) is 13.6. The highest BCUT2D eigenvalue weighted by molar-refractivity contribution is 8.93. The van der Waals surface area contributed by atoms with E-state index in [0.717, 1.165) is 29.5 Å². The maximum atomic E-state index is 13.6. The Bertz CT molecular complexity index is 1170. The fourth-order valence-electron chi connectivity index (χ4n) is 5.41. The van der Waals surface area contributed by atoms with Crippen LogP contribution >= 0.6 is 17.0 Å². The number of likely N-dealkylation sites (tertiary alicyclic amines) is 1. The number of nitrogens with one attached hydrogen (secondary N) is 1. The van der Waals surface area contributed by atoms with E-state index in [1.165, 1.54) is 0 Å². The second kappa shape index (κ2) is 12.2. The third kappa shape index (κ3) is 7.10. The Labute approximate surface area is 245 Å². The molecule has 0 aliphatic carbocycles. The van der Waals surface area contributed by atoms with Crippen LogP contribution in [0.25, 0.3) is 0 Å². The van der Waals surface area contributed by atoms with Gasteiger partial charge in [-0.1, -0.05) is 67.0 Å². The molecule has 1 amide bonds. The highest BCUT2D eigenvalue weighted by Crippen LogP contribution is 2.41. The monoisotopic (exact) mass is 599 g/mol. The summed E-state index contributed by atoms with van der Waals surface area (Å²) in [7, 11) is 3.47. The molecule has 1 aliphatic heterocycles. The number of amides is 1. The number of hydrogen-bond acceptors (Lipinski definition) is 4. The van der Waals surface area contributed by atoms with Gasteiger partial charge in [0.2, 0.25) is 0 Å². The summed E-state index contributed by atoms with van der Waals surface area (Å²) in [5.41, 5.74) is 3.09. The zero-order chi connectivity index (χ0) is 28.6. The SMILES string of the molecule is Br.CCC[C@H]1CN(CC(=O)c2cc(C(C)(C)C)c(O)c(C(C)(C)C)c2)C(=N)[C@@H]1c1ccc(C(=O)N(C)C)cc1. The van der Waals surface area contributed by atoms with E-state index in [1.807, 2.05) is 82.8 Å². The molecule has 2 N–H and O–H groups in total. The maximum absolute atomic E-state index is 13.6. The van der Waals surface area contributed by atoms with Crippen molar-refractivity contribution < 1.29 is 14.7 Å². The molecule has 2 aromatic rings. The number of halogens is 1. The molecular weight excluding hydrogens is 554 g/mol. The number of rotatable bonds is 7. The Kier molecular flexibility index (Phi) is 10.2. The molecule has 7 heteroatoms. The van der Waals surface area contributed by atoms with Crippen molar-refractivity contribution in [3.63, 3.8) is 0 Å². The topological polar surface area (TPSA) is 84.7 Å². The number of hydrogen-bond donors (Lipinski definition) is 2. The number of phenolic OH excluding ortho intramolecular Hbond substituents is 1. The van der Waals surface area contributed by atoms with Crippen LogP contribution in [0, 0.1) is 11.3 Å². The molecule has 0 radical (unpaired) electrons. The summed E-state index contributed by atoms with van der Waals surface area (Å²) in [6, 6.07) is 11.2. The molecule has 2 atom stereocenters. The zero-order valence-corrected chi connectivity index (χ0v) is 26.7. The number of phenols is 1. The van der Waals surface area contributed by atoms with Crippen LogP contribution < -0.4 is 0 Å². The van der Waals surface area contributed by atoms with E-state index >= 15 is 0 Å². The molecule has 1 saturated heterocycles. The smallest absolute Gasteiger partial charge is 0.253 e. The Balaban J connectivity index is 0.00000533. The highest BCUT2D eigenvalue weighted by Gasteiger charge is 2.39. The molecule has 6 nitrogen and oxygen atoms in total. The molecule has 39 heavy (non-hydrogen) atoms. The lowest BCUT2D eigenvalue weighted by Gasteiger charge is -2.28. The predicted octanol–water partition coefficient (Wildman–Crippen LogP) is 6.94. The molecular formula is C32H46BrN3O3. The first kappa shape index (κ1) is 32.5. The molecule has 0 bridgehead atoms. The van der Waals surface area contributed by atoms with Crippen molar-refractivity contribution in [1.29, 1.82) is 5.41 Å². The highest BCUT2D eigenvalue weighted by atomic mass is 79.9. The number of nitrogens with zero attached hydrogens (tertiary/aromatic N) is 2. The van der Waals surface area contributed by atoms with Gasteiger partial charge in [0.1, 0.15) is 11.6 Å². The minimum atomic E-state index is -0.321. The van der Waals surface area contributed by atoms with Crippen molar-refractivity contribution in [1.82, 2.24) is 9.80 Å². The summed E-state index contributed by atoms with van der Waals surface area (Å²) >= 11 is 0. The van der Waals surface area contributed by atoms with Crippen LogP contribution in [0.15, 0.2) is 36.4 Å². The molecule has 1 aliphatic rings. The van der Waals surface area contributed by atoms with Gasteiger partial charge in [-0.3, -0.25) is 15.0 Å². The van der Waals surface area contributed by atoms with Gasteiger partial charge in [0.25, 0.3) is 5.91 Å². The lowest BCUT2D eigenvalue weighted by molar-refractivity contribution is 0.0827. The van der Waals surface area contributed by atoms with E-state index in [4.69, 9.17) is 5.41 Å². The first-order valence-electron chi connectivity index (χ1n) is 13.6. The second-order valence-electron chi connectivity index (χ2n) is 13.0. The minimum Gasteiger partial charge on any atom is -0.507 e. The fourth-order valence-corrected chi connectivity index (χ4v) is 5.41. The number of benzene rings is 2.